The van der Waals surface area contributed by atoms with Gasteiger partial charge in [-0.15, -0.1) is 0 Å². The molecule has 0 spiro atoms. The molecule has 1 aliphatic rings. The normalized spacial score (nSPS) is 15.6. The lowest BCUT2D eigenvalue weighted by molar-refractivity contribution is -0.113. The van der Waals surface area contributed by atoms with Crippen LogP contribution in [0.2, 0.25) is 0 Å². The average Bonchev–Trinajstić information content (AvgIpc) is 2.76. The second-order valence-electron chi connectivity index (χ2n) is 7.83. The van der Waals surface area contributed by atoms with Crippen molar-refractivity contribution in [1.29, 1.82) is 0 Å². The van der Waals surface area contributed by atoms with Crippen LogP contribution in [0.1, 0.15) is 29.7 Å². The van der Waals surface area contributed by atoms with E-state index in [0.29, 0.717) is 22.8 Å². The molecule has 0 saturated heterocycles. The van der Waals surface area contributed by atoms with E-state index in [9.17, 15) is 9.59 Å². The summed E-state index contributed by atoms with van der Waals surface area (Å²) in [7, 11) is 0. The Morgan fingerprint density at radius 1 is 0.906 bits per heavy atom. The Bertz CT molecular complexity index is 1200. The molecule has 6 heteroatoms. The van der Waals surface area contributed by atoms with Crippen LogP contribution >= 0.6 is 0 Å². The molecule has 3 amide bonds. The van der Waals surface area contributed by atoms with Crippen LogP contribution in [0, 0.1) is 13.8 Å². The minimum atomic E-state index is -0.617. The van der Waals surface area contributed by atoms with E-state index in [1.807, 2.05) is 86.6 Å². The zero-order valence-corrected chi connectivity index (χ0v) is 18.2. The van der Waals surface area contributed by atoms with E-state index in [1.54, 1.807) is 6.92 Å². The van der Waals surface area contributed by atoms with Crippen LogP contribution in [0.5, 0.6) is 11.5 Å². The summed E-state index contributed by atoms with van der Waals surface area (Å²) in [5.74, 6) is 1.05. The van der Waals surface area contributed by atoms with Gasteiger partial charge in [-0.2, -0.15) is 0 Å². The Labute approximate surface area is 187 Å². The van der Waals surface area contributed by atoms with E-state index in [4.69, 9.17) is 4.74 Å². The Kier molecular flexibility index (Phi) is 5.94. The molecule has 162 valence electrons. The van der Waals surface area contributed by atoms with Crippen molar-refractivity contribution in [2.24, 2.45) is 0 Å². The number of hydrogen-bond donors (Lipinski definition) is 3. The first-order valence-corrected chi connectivity index (χ1v) is 10.4. The molecule has 32 heavy (non-hydrogen) atoms. The summed E-state index contributed by atoms with van der Waals surface area (Å²) in [5, 5.41) is 8.59. The molecule has 1 aliphatic heterocycles. The number of ether oxygens (including phenoxy) is 1. The van der Waals surface area contributed by atoms with Gasteiger partial charge in [-0.05, 0) is 67.8 Å². The highest BCUT2D eigenvalue weighted by Crippen LogP contribution is 2.31. The van der Waals surface area contributed by atoms with Crippen molar-refractivity contribution in [3.05, 3.63) is 101 Å². The predicted molar refractivity (Wildman–Crippen MR) is 125 cm³/mol. The van der Waals surface area contributed by atoms with Gasteiger partial charge in [0.05, 0.1) is 11.6 Å². The minimum absolute atomic E-state index is 0.275. The molecule has 4 rings (SSSR count). The van der Waals surface area contributed by atoms with Gasteiger partial charge in [0, 0.05) is 11.4 Å². The Balaban J connectivity index is 1.65. The summed E-state index contributed by atoms with van der Waals surface area (Å²) in [4.78, 5) is 25.6. The summed E-state index contributed by atoms with van der Waals surface area (Å²) in [6, 6.07) is 21.8. The number of nitrogens with one attached hydrogen (secondary N) is 3. The van der Waals surface area contributed by atoms with Crippen LogP contribution in [0.3, 0.4) is 0 Å². The predicted octanol–water partition coefficient (Wildman–Crippen LogP) is 5.36. The summed E-state index contributed by atoms with van der Waals surface area (Å²) in [5.41, 5.74) is 4.46. The van der Waals surface area contributed by atoms with Gasteiger partial charge < -0.3 is 20.7 Å². The third kappa shape index (κ3) is 4.64. The van der Waals surface area contributed by atoms with Crippen molar-refractivity contribution in [3.63, 3.8) is 0 Å². The van der Waals surface area contributed by atoms with Crippen molar-refractivity contribution in [2.45, 2.75) is 26.8 Å². The SMILES string of the molecule is CC1=C(C(=O)Nc2cc(C)ccc2C)C(c2cccc(Oc3ccccc3)c2)NC(=O)N1. The Morgan fingerprint density at radius 3 is 2.44 bits per heavy atom. The molecule has 0 aromatic heterocycles. The fourth-order valence-corrected chi connectivity index (χ4v) is 3.69. The highest BCUT2D eigenvalue weighted by molar-refractivity contribution is 6.07. The first-order chi connectivity index (χ1) is 15.4. The van der Waals surface area contributed by atoms with Crippen molar-refractivity contribution >= 4 is 17.6 Å². The zero-order valence-electron chi connectivity index (χ0n) is 18.2. The molecule has 0 saturated carbocycles. The maximum absolute atomic E-state index is 13.3. The lowest BCUT2D eigenvalue weighted by atomic mass is 9.94. The number of urea groups is 1. The second kappa shape index (κ2) is 8.98. The van der Waals surface area contributed by atoms with Crippen molar-refractivity contribution in [1.82, 2.24) is 10.6 Å². The number of rotatable bonds is 5. The fraction of sp³-hybridized carbons (Fsp3) is 0.154. The number of allylic oxidation sites excluding steroid dienone is 1. The molecule has 0 radical (unpaired) electrons. The van der Waals surface area contributed by atoms with E-state index in [0.717, 1.165) is 22.4 Å². The van der Waals surface area contributed by atoms with Crippen LogP contribution in [0.25, 0.3) is 0 Å². The standard InChI is InChI=1S/C26H25N3O3/c1-16-12-13-17(2)22(14-16)28-25(30)23-18(3)27-26(31)29-24(23)19-8-7-11-21(15-19)32-20-9-5-4-6-10-20/h4-15,24H,1-3H3,(H,28,30)(H2,27,29,31). The van der Waals surface area contributed by atoms with Gasteiger partial charge in [0.15, 0.2) is 0 Å². The highest BCUT2D eigenvalue weighted by atomic mass is 16.5. The third-order valence-electron chi connectivity index (χ3n) is 5.33. The first kappa shape index (κ1) is 21.2. The molecule has 1 unspecified atom stereocenters. The van der Waals surface area contributed by atoms with Gasteiger partial charge in [-0.25, -0.2) is 4.79 Å². The van der Waals surface area contributed by atoms with E-state index in [-0.39, 0.29) is 11.9 Å². The molecule has 3 aromatic rings. The molecule has 3 aromatic carbocycles. The molecule has 0 fully saturated rings. The van der Waals surface area contributed by atoms with Crippen LogP contribution in [0.15, 0.2) is 84.1 Å². The number of hydrogen-bond acceptors (Lipinski definition) is 3. The van der Waals surface area contributed by atoms with Gasteiger partial charge in [-0.3, -0.25) is 4.79 Å². The number of carbonyl (C=O) groups excluding carboxylic acids is 2. The molecular weight excluding hydrogens is 402 g/mol. The van der Waals surface area contributed by atoms with Crippen molar-refractivity contribution in [2.75, 3.05) is 5.32 Å². The summed E-state index contributed by atoms with van der Waals surface area (Å²) in [6.07, 6.45) is 0. The van der Waals surface area contributed by atoms with Crippen LogP contribution in [-0.4, -0.2) is 11.9 Å². The van der Waals surface area contributed by atoms with Crippen molar-refractivity contribution in [3.8, 4) is 11.5 Å². The number of anilines is 1. The van der Waals surface area contributed by atoms with Gasteiger partial charge in [0.25, 0.3) is 5.91 Å². The first-order valence-electron chi connectivity index (χ1n) is 10.4. The van der Waals surface area contributed by atoms with Gasteiger partial charge in [-0.1, -0.05) is 42.5 Å². The number of amides is 3. The van der Waals surface area contributed by atoms with Crippen LogP contribution in [0.4, 0.5) is 10.5 Å². The molecule has 0 bridgehead atoms. The lowest BCUT2D eigenvalue weighted by Gasteiger charge is -2.29. The zero-order chi connectivity index (χ0) is 22.7. The Hall–Kier alpha value is -4.06. The maximum atomic E-state index is 13.3. The largest absolute Gasteiger partial charge is 0.457 e. The third-order valence-corrected chi connectivity index (χ3v) is 5.33. The van der Waals surface area contributed by atoms with E-state index >= 15 is 0 Å². The minimum Gasteiger partial charge on any atom is -0.457 e. The van der Waals surface area contributed by atoms with Crippen molar-refractivity contribution < 1.29 is 14.3 Å². The lowest BCUT2D eigenvalue weighted by Crippen LogP contribution is -2.46. The molecule has 0 aliphatic carbocycles. The Morgan fingerprint density at radius 2 is 1.66 bits per heavy atom. The fourth-order valence-electron chi connectivity index (χ4n) is 3.69. The number of aryl methyl sites for hydroxylation is 2. The second-order valence-corrected chi connectivity index (χ2v) is 7.83. The number of para-hydroxylation sites is 1. The summed E-state index contributed by atoms with van der Waals surface area (Å²) < 4.78 is 5.94. The van der Waals surface area contributed by atoms with Crippen LogP contribution < -0.4 is 20.7 Å². The molecule has 1 atom stereocenters. The van der Waals surface area contributed by atoms with Gasteiger partial charge in [0.1, 0.15) is 11.5 Å². The van der Waals surface area contributed by atoms with E-state index in [1.165, 1.54) is 0 Å². The molecule has 1 heterocycles. The average molecular weight is 428 g/mol. The number of carbonyl (C=O) groups is 2. The summed E-state index contributed by atoms with van der Waals surface area (Å²) >= 11 is 0. The summed E-state index contributed by atoms with van der Waals surface area (Å²) in [6.45, 7) is 5.65. The van der Waals surface area contributed by atoms with E-state index < -0.39 is 6.04 Å². The van der Waals surface area contributed by atoms with E-state index in [2.05, 4.69) is 16.0 Å². The highest BCUT2D eigenvalue weighted by Gasteiger charge is 2.31. The molecular formula is C26H25N3O3. The molecule has 3 N–H and O–H groups in total. The molecule has 6 nitrogen and oxygen atoms in total. The van der Waals surface area contributed by atoms with Crippen LogP contribution in [-0.2, 0) is 4.79 Å². The topological polar surface area (TPSA) is 79.5 Å². The smallest absolute Gasteiger partial charge is 0.319 e. The van der Waals surface area contributed by atoms with Gasteiger partial charge in [0.2, 0.25) is 0 Å². The monoisotopic (exact) mass is 427 g/mol. The number of benzene rings is 3. The quantitative estimate of drug-likeness (QED) is 0.513. The van der Waals surface area contributed by atoms with Gasteiger partial charge >= 0.3 is 6.03 Å². The maximum Gasteiger partial charge on any atom is 0.319 e.